The van der Waals surface area contributed by atoms with E-state index in [1.807, 2.05) is 18.3 Å². The molecule has 2 aromatic rings. The van der Waals surface area contributed by atoms with Gasteiger partial charge in [0.05, 0.1) is 19.3 Å². The number of H-pyrrole nitrogens is 2. The lowest BCUT2D eigenvalue weighted by atomic mass is 10.1. The summed E-state index contributed by atoms with van der Waals surface area (Å²) >= 11 is 0. The van der Waals surface area contributed by atoms with E-state index < -0.39 is 0 Å². The third kappa shape index (κ3) is 4.97. The number of pyridine rings is 1. The predicted octanol–water partition coefficient (Wildman–Crippen LogP) is -0.385. The van der Waals surface area contributed by atoms with Crippen molar-refractivity contribution in [1.29, 1.82) is 0 Å². The highest BCUT2D eigenvalue weighted by atomic mass is 16.5. The average molecular weight is 346 g/mol. The number of hydrogen-bond acceptors (Lipinski definition) is 6. The zero-order chi connectivity index (χ0) is 17.5. The highest BCUT2D eigenvalue weighted by Gasteiger charge is 2.23. The molecular weight excluding hydrogens is 324 g/mol. The summed E-state index contributed by atoms with van der Waals surface area (Å²) in [5.41, 5.74) is 0.709. The largest absolute Gasteiger partial charge is 0.379 e. The van der Waals surface area contributed by atoms with E-state index in [0.29, 0.717) is 32.0 Å². The fourth-order valence-electron chi connectivity index (χ4n) is 2.87. The van der Waals surface area contributed by atoms with Gasteiger partial charge in [-0.1, -0.05) is 6.07 Å². The zero-order valence-electron chi connectivity index (χ0n) is 13.9. The molecule has 0 radical (unpaired) electrons. The van der Waals surface area contributed by atoms with Crippen molar-refractivity contribution in [3.05, 3.63) is 46.4 Å². The number of aryl methyl sites for hydroxylation is 1. The van der Waals surface area contributed by atoms with Crippen molar-refractivity contribution in [3.63, 3.8) is 0 Å². The Balaban J connectivity index is 1.56. The SMILES string of the molecule is O=C(CCc1n[nH]c(=O)[nH]1)NCC(c1cccnc1)N1CCOCC1. The number of ether oxygens (including phenoxy) is 1. The van der Waals surface area contributed by atoms with Crippen LogP contribution in [-0.2, 0) is 16.0 Å². The number of carbonyl (C=O) groups is 1. The van der Waals surface area contributed by atoms with E-state index in [4.69, 9.17) is 4.74 Å². The second kappa shape index (κ2) is 8.54. The number of carbonyl (C=O) groups excluding carboxylic acids is 1. The van der Waals surface area contributed by atoms with Gasteiger partial charge in [-0.05, 0) is 11.6 Å². The number of aromatic nitrogens is 4. The maximum atomic E-state index is 12.1. The van der Waals surface area contributed by atoms with Crippen molar-refractivity contribution in [2.75, 3.05) is 32.8 Å². The molecule has 1 unspecified atom stereocenters. The Bertz CT molecular complexity index is 723. The second-order valence-corrected chi connectivity index (χ2v) is 5.88. The smallest absolute Gasteiger partial charge is 0.340 e. The van der Waals surface area contributed by atoms with E-state index in [2.05, 4.69) is 30.4 Å². The molecule has 3 heterocycles. The molecule has 1 atom stereocenters. The van der Waals surface area contributed by atoms with E-state index in [0.717, 1.165) is 18.7 Å². The Morgan fingerprint density at radius 3 is 2.92 bits per heavy atom. The summed E-state index contributed by atoms with van der Waals surface area (Å²) in [5, 5.41) is 9.07. The molecule has 0 saturated carbocycles. The number of aromatic amines is 2. The Morgan fingerprint density at radius 1 is 1.40 bits per heavy atom. The minimum atomic E-state index is -0.362. The number of amides is 1. The molecule has 9 nitrogen and oxygen atoms in total. The first-order chi connectivity index (χ1) is 12.2. The monoisotopic (exact) mass is 346 g/mol. The number of hydrogen-bond donors (Lipinski definition) is 3. The molecule has 1 fully saturated rings. The fourth-order valence-corrected chi connectivity index (χ4v) is 2.87. The fraction of sp³-hybridized carbons (Fsp3) is 0.500. The maximum Gasteiger partial charge on any atom is 0.340 e. The van der Waals surface area contributed by atoms with E-state index in [1.165, 1.54) is 0 Å². The Morgan fingerprint density at radius 2 is 2.24 bits per heavy atom. The van der Waals surface area contributed by atoms with Gasteiger partial charge in [-0.2, -0.15) is 5.10 Å². The average Bonchev–Trinajstić information content (AvgIpc) is 3.07. The van der Waals surface area contributed by atoms with Crippen molar-refractivity contribution < 1.29 is 9.53 Å². The Labute approximate surface area is 144 Å². The molecule has 0 aromatic carbocycles. The highest BCUT2D eigenvalue weighted by molar-refractivity contribution is 5.76. The quantitative estimate of drug-likeness (QED) is 0.629. The first-order valence-corrected chi connectivity index (χ1v) is 8.34. The van der Waals surface area contributed by atoms with Crippen LogP contribution in [0.2, 0.25) is 0 Å². The predicted molar refractivity (Wildman–Crippen MR) is 89.9 cm³/mol. The number of nitrogens with zero attached hydrogens (tertiary/aromatic N) is 3. The molecule has 1 aliphatic rings. The van der Waals surface area contributed by atoms with Gasteiger partial charge in [-0.15, -0.1) is 0 Å². The van der Waals surface area contributed by atoms with Crippen molar-refractivity contribution >= 4 is 5.91 Å². The van der Waals surface area contributed by atoms with Crippen LogP contribution in [0.25, 0.3) is 0 Å². The summed E-state index contributed by atoms with van der Waals surface area (Å²) in [6.45, 7) is 3.53. The standard InChI is InChI=1S/C16H22N6O3/c23-15(4-3-14-19-16(24)21-20-14)18-11-13(12-2-1-5-17-10-12)22-6-8-25-9-7-22/h1-2,5,10,13H,3-4,6-9,11H2,(H,18,23)(H2,19,20,21,24). The molecule has 1 aliphatic heterocycles. The highest BCUT2D eigenvalue weighted by Crippen LogP contribution is 2.20. The van der Waals surface area contributed by atoms with Crippen LogP contribution < -0.4 is 11.0 Å². The second-order valence-electron chi connectivity index (χ2n) is 5.88. The van der Waals surface area contributed by atoms with Crippen LogP contribution in [0, 0.1) is 0 Å². The summed E-state index contributed by atoms with van der Waals surface area (Å²) < 4.78 is 5.42. The minimum absolute atomic E-state index is 0.0618. The lowest BCUT2D eigenvalue weighted by molar-refractivity contribution is -0.121. The molecule has 3 rings (SSSR count). The van der Waals surface area contributed by atoms with E-state index in [1.54, 1.807) is 6.20 Å². The number of rotatable bonds is 7. The molecule has 9 heteroatoms. The normalized spacial score (nSPS) is 16.5. The Hall–Kier alpha value is -2.52. The molecular formula is C16H22N6O3. The molecule has 1 saturated heterocycles. The van der Waals surface area contributed by atoms with Crippen molar-refractivity contribution in [2.24, 2.45) is 0 Å². The van der Waals surface area contributed by atoms with E-state index in [-0.39, 0.29) is 24.1 Å². The zero-order valence-corrected chi connectivity index (χ0v) is 13.9. The van der Waals surface area contributed by atoms with Gasteiger partial charge in [0.1, 0.15) is 5.82 Å². The van der Waals surface area contributed by atoms with Crippen LogP contribution in [0.1, 0.15) is 23.9 Å². The van der Waals surface area contributed by atoms with Crippen molar-refractivity contribution in [2.45, 2.75) is 18.9 Å². The van der Waals surface area contributed by atoms with Gasteiger partial charge in [-0.3, -0.25) is 19.7 Å². The Kier molecular flexibility index (Phi) is 5.91. The summed E-state index contributed by atoms with van der Waals surface area (Å²) in [4.78, 5) is 32.2. The molecule has 0 spiro atoms. The van der Waals surface area contributed by atoms with Gasteiger partial charge in [0.25, 0.3) is 0 Å². The van der Waals surface area contributed by atoms with Gasteiger partial charge >= 0.3 is 5.69 Å². The third-order valence-electron chi connectivity index (χ3n) is 4.19. The first-order valence-electron chi connectivity index (χ1n) is 8.34. The molecule has 1 amide bonds. The van der Waals surface area contributed by atoms with E-state index in [9.17, 15) is 9.59 Å². The van der Waals surface area contributed by atoms with Gasteiger partial charge in [0.2, 0.25) is 5.91 Å². The van der Waals surface area contributed by atoms with Gasteiger partial charge in [-0.25, -0.2) is 9.89 Å². The van der Waals surface area contributed by atoms with Crippen LogP contribution in [0.5, 0.6) is 0 Å². The molecule has 2 aromatic heterocycles. The molecule has 134 valence electrons. The first kappa shape index (κ1) is 17.3. The van der Waals surface area contributed by atoms with Gasteiger partial charge in [0.15, 0.2) is 0 Å². The molecule has 0 aliphatic carbocycles. The summed E-state index contributed by atoms with van der Waals surface area (Å²) in [6, 6.07) is 3.98. The summed E-state index contributed by atoms with van der Waals surface area (Å²) in [5.74, 6) is 0.406. The molecule has 25 heavy (non-hydrogen) atoms. The van der Waals surface area contributed by atoms with E-state index >= 15 is 0 Å². The lowest BCUT2D eigenvalue weighted by Gasteiger charge is -2.34. The minimum Gasteiger partial charge on any atom is -0.379 e. The van der Waals surface area contributed by atoms with Crippen LogP contribution in [0.3, 0.4) is 0 Å². The topological polar surface area (TPSA) is 116 Å². The summed E-state index contributed by atoms with van der Waals surface area (Å²) in [7, 11) is 0. The van der Waals surface area contributed by atoms with Crippen LogP contribution in [0.15, 0.2) is 29.3 Å². The number of morpholine rings is 1. The van der Waals surface area contributed by atoms with Crippen molar-refractivity contribution in [1.82, 2.24) is 30.4 Å². The summed E-state index contributed by atoms with van der Waals surface area (Å²) in [6.07, 6.45) is 4.23. The van der Waals surface area contributed by atoms with Crippen LogP contribution in [-0.4, -0.2) is 63.8 Å². The maximum absolute atomic E-state index is 12.1. The van der Waals surface area contributed by atoms with Crippen LogP contribution in [0.4, 0.5) is 0 Å². The lowest BCUT2D eigenvalue weighted by Crippen LogP contribution is -2.43. The third-order valence-corrected chi connectivity index (χ3v) is 4.19. The number of nitrogens with one attached hydrogen (secondary N) is 3. The molecule has 0 bridgehead atoms. The van der Waals surface area contributed by atoms with Gasteiger partial charge < -0.3 is 10.1 Å². The van der Waals surface area contributed by atoms with Crippen LogP contribution >= 0.6 is 0 Å². The molecule has 3 N–H and O–H groups in total. The van der Waals surface area contributed by atoms with Crippen molar-refractivity contribution in [3.8, 4) is 0 Å². The van der Waals surface area contributed by atoms with Gasteiger partial charge in [0, 0.05) is 44.9 Å².